The van der Waals surface area contributed by atoms with Crippen molar-refractivity contribution in [3.63, 3.8) is 0 Å². The van der Waals surface area contributed by atoms with E-state index in [2.05, 4.69) is 30.6 Å². The number of nitrogens with zero attached hydrogens (tertiary/aromatic N) is 6. The van der Waals surface area contributed by atoms with Crippen LogP contribution in [0.3, 0.4) is 0 Å². The molecule has 2 aliphatic rings. The molecular formula is C25H33Cl3N6. The van der Waals surface area contributed by atoms with Crippen molar-refractivity contribution in [3.8, 4) is 0 Å². The Labute approximate surface area is 218 Å². The van der Waals surface area contributed by atoms with Crippen LogP contribution >= 0.6 is 35.6 Å². The van der Waals surface area contributed by atoms with Crippen molar-refractivity contribution in [2.24, 2.45) is 5.92 Å². The van der Waals surface area contributed by atoms with Crippen LogP contribution in [0.5, 0.6) is 0 Å². The number of likely N-dealkylation sites (tertiary alicyclic amines) is 1. The summed E-state index contributed by atoms with van der Waals surface area (Å²) < 4.78 is 1.94. The highest BCUT2D eigenvalue weighted by molar-refractivity contribution is 6.35. The Balaban J connectivity index is 0.00000274. The van der Waals surface area contributed by atoms with Crippen LogP contribution < -0.4 is 4.90 Å². The Morgan fingerprint density at radius 2 is 1.91 bits per heavy atom. The summed E-state index contributed by atoms with van der Waals surface area (Å²) in [6.45, 7) is 12.1. The van der Waals surface area contributed by atoms with Crippen LogP contribution in [0.2, 0.25) is 10.0 Å². The monoisotopic (exact) mass is 522 g/mol. The number of hydrogen-bond donors (Lipinski definition) is 0. The predicted octanol–water partition coefficient (Wildman–Crippen LogP) is 6.17. The zero-order valence-corrected chi connectivity index (χ0v) is 22.5. The number of hydrogen-bond acceptors (Lipinski definition) is 5. The van der Waals surface area contributed by atoms with Gasteiger partial charge < -0.3 is 4.90 Å². The third kappa shape index (κ3) is 4.62. The minimum atomic E-state index is -0.0863. The van der Waals surface area contributed by atoms with Crippen molar-refractivity contribution in [1.82, 2.24) is 24.6 Å². The van der Waals surface area contributed by atoms with Gasteiger partial charge in [-0.15, -0.1) is 12.4 Å². The number of rotatable bonds is 4. The van der Waals surface area contributed by atoms with Crippen molar-refractivity contribution < 1.29 is 0 Å². The van der Waals surface area contributed by atoms with Crippen LogP contribution in [0.4, 0.5) is 5.82 Å². The highest BCUT2D eigenvalue weighted by Crippen LogP contribution is 2.33. The molecule has 3 aromatic rings. The van der Waals surface area contributed by atoms with Gasteiger partial charge in [-0.1, -0.05) is 36.2 Å². The van der Waals surface area contributed by atoms with Crippen LogP contribution in [0.15, 0.2) is 24.4 Å². The fraction of sp³-hybridized carbons (Fsp3) is 0.560. The first-order valence-electron chi connectivity index (χ1n) is 12.0. The van der Waals surface area contributed by atoms with Crippen molar-refractivity contribution in [3.05, 3.63) is 45.7 Å². The van der Waals surface area contributed by atoms with Crippen molar-refractivity contribution >= 4 is 52.6 Å². The molecule has 6 nitrogen and oxygen atoms in total. The van der Waals surface area contributed by atoms with E-state index >= 15 is 0 Å². The van der Waals surface area contributed by atoms with Gasteiger partial charge in [-0.2, -0.15) is 5.10 Å². The van der Waals surface area contributed by atoms with Gasteiger partial charge >= 0.3 is 0 Å². The van der Waals surface area contributed by atoms with Gasteiger partial charge in [0.1, 0.15) is 11.3 Å². The molecule has 0 amide bonds. The molecule has 1 aromatic carbocycles. The van der Waals surface area contributed by atoms with Gasteiger partial charge in [0.05, 0.1) is 17.9 Å². The first-order valence-corrected chi connectivity index (χ1v) is 12.8. The first-order chi connectivity index (χ1) is 15.8. The quantitative estimate of drug-likeness (QED) is 0.409. The highest BCUT2D eigenvalue weighted by atomic mass is 35.5. The molecule has 184 valence electrons. The largest absolute Gasteiger partial charge is 0.355 e. The molecule has 4 heterocycles. The maximum atomic E-state index is 6.51. The second-order valence-electron chi connectivity index (χ2n) is 9.78. The second-order valence-corrected chi connectivity index (χ2v) is 10.6. The Morgan fingerprint density at radius 3 is 2.59 bits per heavy atom. The minimum absolute atomic E-state index is 0. The Bertz CT molecular complexity index is 1170. The second kappa shape index (κ2) is 10.2. The van der Waals surface area contributed by atoms with Gasteiger partial charge in [0.25, 0.3) is 0 Å². The van der Waals surface area contributed by atoms with Crippen LogP contribution in [-0.2, 0) is 0 Å². The van der Waals surface area contributed by atoms with E-state index in [1.165, 1.54) is 25.8 Å². The summed E-state index contributed by atoms with van der Waals surface area (Å²) in [6, 6.07) is 6.88. The van der Waals surface area contributed by atoms with Gasteiger partial charge in [-0.3, -0.25) is 4.90 Å². The first kappa shape index (κ1) is 25.5. The Hall–Kier alpha value is -1.60. The average Bonchev–Trinajstić information content (AvgIpc) is 3.36. The molecule has 0 N–H and O–H groups in total. The van der Waals surface area contributed by atoms with E-state index < -0.39 is 0 Å². The van der Waals surface area contributed by atoms with E-state index in [4.69, 9.17) is 38.3 Å². The highest BCUT2D eigenvalue weighted by Gasteiger charge is 2.35. The van der Waals surface area contributed by atoms with E-state index in [-0.39, 0.29) is 18.4 Å². The van der Waals surface area contributed by atoms with E-state index in [1.54, 1.807) is 6.07 Å². The van der Waals surface area contributed by atoms with Crippen LogP contribution in [0.1, 0.15) is 57.3 Å². The van der Waals surface area contributed by atoms with Gasteiger partial charge in [-0.05, 0) is 70.2 Å². The van der Waals surface area contributed by atoms with Gasteiger partial charge in [0.15, 0.2) is 5.65 Å². The topological polar surface area (TPSA) is 50.1 Å². The number of aryl methyl sites for hydroxylation is 1. The van der Waals surface area contributed by atoms with E-state index in [0.717, 1.165) is 41.3 Å². The molecule has 0 unspecified atom stereocenters. The lowest BCUT2D eigenvalue weighted by molar-refractivity contribution is 0.122. The molecule has 0 spiro atoms. The lowest BCUT2D eigenvalue weighted by Gasteiger charge is -2.43. The van der Waals surface area contributed by atoms with Crippen LogP contribution in [0, 0.1) is 12.8 Å². The number of halogens is 3. The fourth-order valence-corrected chi connectivity index (χ4v) is 6.28. The Kier molecular flexibility index (Phi) is 7.63. The molecule has 0 saturated carbocycles. The maximum absolute atomic E-state index is 6.51. The summed E-state index contributed by atoms with van der Waals surface area (Å²) in [4.78, 5) is 15.0. The molecule has 5 rings (SSSR count). The SMILES string of the molecule is Cc1nn([C@H](C)c2ccc(Cl)cc2Cl)c2nc(N3CC[C@H](N4CCC[C@H]4C)[C@H](C)C3)cnc12.Cl. The molecule has 9 heteroatoms. The maximum Gasteiger partial charge on any atom is 0.179 e. The molecule has 4 atom stereocenters. The fourth-order valence-electron chi connectivity index (χ4n) is 5.72. The van der Waals surface area contributed by atoms with Crippen molar-refractivity contribution in [2.75, 3.05) is 24.5 Å². The molecule has 0 aliphatic carbocycles. The molecule has 0 bridgehead atoms. The molecular weight excluding hydrogens is 491 g/mol. The van der Waals surface area contributed by atoms with Crippen molar-refractivity contribution in [1.29, 1.82) is 0 Å². The van der Waals surface area contributed by atoms with E-state index in [1.807, 2.05) is 29.9 Å². The lowest BCUT2D eigenvalue weighted by atomic mass is 9.92. The Morgan fingerprint density at radius 1 is 1.12 bits per heavy atom. The summed E-state index contributed by atoms with van der Waals surface area (Å²) in [6.07, 6.45) is 5.73. The van der Waals surface area contributed by atoms with Gasteiger partial charge in [0, 0.05) is 35.2 Å². The number of benzene rings is 1. The van der Waals surface area contributed by atoms with E-state index in [0.29, 0.717) is 28.0 Å². The molecule has 2 saturated heterocycles. The average molecular weight is 524 g/mol. The molecule has 2 fully saturated rings. The van der Waals surface area contributed by atoms with E-state index in [9.17, 15) is 0 Å². The number of aromatic nitrogens is 4. The number of anilines is 1. The predicted molar refractivity (Wildman–Crippen MR) is 143 cm³/mol. The smallest absolute Gasteiger partial charge is 0.179 e. The zero-order chi connectivity index (χ0) is 23.3. The standard InChI is InChI=1S/C25H32Cl2N6.ClH/c1-15-14-31(11-9-22(15)32-10-5-6-16(32)2)23-13-28-24-17(3)30-33(25(24)29-23)18(4)20-8-7-19(26)12-21(20)27;/h7-8,12-13,15-16,18,22H,5-6,9-11,14H2,1-4H3;1H/t15-,16-,18-,22+;/m1./s1. The zero-order valence-electron chi connectivity index (χ0n) is 20.2. The molecule has 0 radical (unpaired) electrons. The van der Waals surface area contributed by atoms with Crippen LogP contribution in [-0.4, -0.2) is 56.4 Å². The summed E-state index contributed by atoms with van der Waals surface area (Å²) in [5.74, 6) is 1.52. The molecule has 2 aliphatic heterocycles. The number of fused-ring (bicyclic) bond motifs is 1. The van der Waals surface area contributed by atoms with Gasteiger partial charge in [0.2, 0.25) is 0 Å². The summed E-state index contributed by atoms with van der Waals surface area (Å²) >= 11 is 12.6. The van der Waals surface area contributed by atoms with Crippen molar-refractivity contribution in [2.45, 2.75) is 65.1 Å². The minimum Gasteiger partial charge on any atom is -0.355 e. The summed E-state index contributed by atoms with van der Waals surface area (Å²) in [7, 11) is 0. The third-order valence-corrected chi connectivity index (χ3v) is 8.12. The third-order valence-electron chi connectivity index (χ3n) is 7.55. The molecule has 34 heavy (non-hydrogen) atoms. The normalized spacial score (nSPS) is 24.4. The summed E-state index contributed by atoms with van der Waals surface area (Å²) in [5.41, 5.74) is 3.47. The number of piperidine rings is 1. The molecule has 2 aromatic heterocycles. The van der Waals surface area contributed by atoms with Crippen LogP contribution in [0.25, 0.3) is 11.2 Å². The summed E-state index contributed by atoms with van der Waals surface area (Å²) in [5, 5.41) is 6.04. The van der Waals surface area contributed by atoms with Gasteiger partial charge in [-0.25, -0.2) is 14.6 Å². The lowest BCUT2D eigenvalue weighted by Crippen LogP contribution is -2.51.